The lowest BCUT2D eigenvalue weighted by atomic mass is 10.2. The quantitative estimate of drug-likeness (QED) is 0.895. The van der Waals surface area contributed by atoms with Gasteiger partial charge in [-0.1, -0.05) is 11.6 Å². The number of H-pyrrole nitrogens is 1. The van der Waals surface area contributed by atoms with E-state index in [0.717, 1.165) is 0 Å². The van der Waals surface area contributed by atoms with E-state index in [1.165, 1.54) is 13.4 Å². The molecule has 0 radical (unpaired) electrons. The van der Waals surface area contributed by atoms with E-state index in [1.807, 2.05) is 6.07 Å². The molecule has 0 saturated heterocycles. The Hall–Kier alpha value is -2.52. The zero-order valence-electron chi connectivity index (χ0n) is 9.90. The molecule has 0 amide bonds. The molecule has 1 aromatic carbocycles. The van der Waals surface area contributed by atoms with Crippen molar-refractivity contribution in [2.75, 3.05) is 12.4 Å². The van der Waals surface area contributed by atoms with Gasteiger partial charge >= 0.3 is 0 Å². The highest BCUT2D eigenvalue weighted by Crippen LogP contribution is 2.29. The molecule has 1 heterocycles. The summed E-state index contributed by atoms with van der Waals surface area (Å²) < 4.78 is 5.16. The lowest BCUT2D eigenvalue weighted by Crippen LogP contribution is -2.10. The molecule has 96 valence electrons. The highest BCUT2D eigenvalue weighted by Gasteiger charge is 2.09. The number of ether oxygens (including phenoxy) is 1. The molecular formula is C12H9ClN4O2. The van der Waals surface area contributed by atoms with Crippen LogP contribution in [-0.4, -0.2) is 17.1 Å². The third-order valence-corrected chi connectivity index (χ3v) is 2.73. The minimum atomic E-state index is -0.438. The van der Waals surface area contributed by atoms with E-state index in [9.17, 15) is 4.79 Å². The summed E-state index contributed by atoms with van der Waals surface area (Å²) in [5, 5.41) is 11.7. The molecule has 1 aromatic heterocycles. The van der Waals surface area contributed by atoms with Crippen molar-refractivity contribution in [1.29, 1.82) is 5.26 Å². The lowest BCUT2D eigenvalue weighted by Gasteiger charge is -2.11. The molecule has 0 saturated carbocycles. The van der Waals surface area contributed by atoms with E-state index < -0.39 is 5.56 Å². The first-order valence-electron chi connectivity index (χ1n) is 5.24. The number of nitrogens with zero attached hydrogens (tertiary/aromatic N) is 2. The van der Waals surface area contributed by atoms with Gasteiger partial charge in [0.2, 0.25) is 0 Å². The van der Waals surface area contributed by atoms with Crippen molar-refractivity contribution in [1.82, 2.24) is 9.97 Å². The van der Waals surface area contributed by atoms with Gasteiger partial charge in [0, 0.05) is 6.07 Å². The summed E-state index contributed by atoms with van der Waals surface area (Å²) in [7, 11) is 1.48. The van der Waals surface area contributed by atoms with Crippen molar-refractivity contribution in [3.63, 3.8) is 0 Å². The number of aromatic amines is 1. The zero-order valence-corrected chi connectivity index (χ0v) is 10.7. The molecule has 0 aliphatic heterocycles. The Labute approximate surface area is 113 Å². The highest BCUT2D eigenvalue weighted by atomic mass is 35.5. The van der Waals surface area contributed by atoms with Crippen LogP contribution in [0.1, 0.15) is 5.56 Å². The molecule has 0 fully saturated rings. The highest BCUT2D eigenvalue weighted by molar-refractivity contribution is 6.32. The molecule has 0 aliphatic rings. The fourth-order valence-electron chi connectivity index (χ4n) is 1.46. The van der Waals surface area contributed by atoms with Crippen LogP contribution >= 0.6 is 11.6 Å². The topological polar surface area (TPSA) is 90.8 Å². The van der Waals surface area contributed by atoms with Crippen LogP contribution in [0.4, 0.5) is 11.5 Å². The second-order valence-corrected chi connectivity index (χ2v) is 3.92. The minimum absolute atomic E-state index is 0.0473. The van der Waals surface area contributed by atoms with Gasteiger partial charge in [-0.3, -0.25) is 4.79 Å². The van der Waals surface area contributed by atoms with Gasteiger partial charge in [0.15, 0.2) is 5.82 Å². The summed E-state index contributed by atoms with van der Waals surface area (Å²) in [6, 6.07) is 6.85. The normalized spacial score (nSPS) is 9.74. The predicted octanol–water partition coefficient (Wildman–Crippen LogP) is 2.05. The van der Waals surface area contributed by atoms with Crippen LogP contribution in [0.25, 0.3) is 0 Å². The van der Waals surface area contributed by atoms with Gasteiger partial charge in [-0.25, -0.2) is 4.98 Å². The molecule has 2 N–H and O–H groups in total. The van der Waals surface area contributed by atoms with Gasteiger partial charge < -0.3 is 15.0 Å². The summed E-state index contributed by atoms with van der Waals surface area (Å²) in [5.74, 6) is 0.672. The first kappa shape index (κ1) is 12.9. The number of hydrogen-bond acceptors (Lipinski definition) is 5. The van der Waals surface area contributed by atoms with Crippen LogP contribution in [0.15, 0.2) is 29.3 Å². The first-order valence-corrected chi connectivity index (χ1v) is 5.62. The van der Waals surface area contributed by atoms with Crippen molar-refractivity contribution >= 4 is 23.1 Å². The summed E-state index contributed by atoms with van der Waals surface area (Å²) in [5.41, 5.74) is 0.584. The fraction of sp³-hybridized carbons (Fsp3) is 0.0833. The van der Waals surface area contributed by atoms with E-state index in [2.05, 4.69) is 15.3 Å². The van der Waals surface area contributed by atoms with Crippen LogP contribution in [0.2, 0.25) is 5.02 Å². The Balaban J connectivity index is 2.41. The van der Waals surface area contributed by atoms with Crippen molar-refractivity contribution in [2.45, 2.75) is 0 Å². The van der Waals surface area contributed by atoms with E-state index in [4.69, 9.17) is 21.6 Å². The van der Waals surface area contributed by atoms with Crippen LogP contribution in [0.3, 0.4) is 0 Å². The second kappa shape index (κ2) is 5.42. The molecule has 0 bridgehead atoms. The third-order valence-electron chi connectivity index (χ3n) is 2.38. The molecule has 7 heteroatoms. The van der Waals surface area contributed by atoms with Crippen molar-refractivity contribution in [3.05, 3.63) is 45.5 Å². The van der Waals surface area contributed by atoms with E-state index >= 15 is 0 Å². The zero-order chi connectivity index (χ0) is 13.8. The average Bonchev–Trinajstić information content (AvgIpc) is 2.44. The minimum Gasteiger partial charge on any atom is -0.495 e. The van der Waals surface area contributed by atoms with Crippen molar-refractivity contribution in [2.24, 2.45) is 0 Å². The number of halogens is 1. The standard InChI is InChI=1S/C12H9ClN4O2/c1-19-9-4-7(5-14)2-3-8(9)17-11-10(13)12(18)16-6-15-11/h2-4,6H,1H3,(H2,15,16,17,18). The molecule has 0 unspecified atom stereocenters. The Morgan fingerprint density at radius 1 is 1.53 bits per heavy atom. The molecule has 2 aromatic rings. The lowest BCUT2D eigenvalue weighted by molar-refractivity contribution is 0.416. The molecule has 6 nitrogen and oxygen atoms in total. The number of aromatic nitrogens is 2. The van der Waals surface area contributed by atoms with Crippen LogP contribution in [0, 0.1) is 11.3 Å². The first-order chi connectivity index (χ1) is 9.15. The maximum absolute atomic E-state index is 11.3. The summed E-state index contributed by atoms with van der Waals surface area (Å²) in [4.78, 5) is 17.6. The number of rotatable bonds is 3. The maximum Gasteiger partial charge on any atom is 0.271 e. The summed E-state index contributed by atoms with van der Waals surface area (Å²) in [6.45, 7) is 0. The van der Waals surface area contributed by atoms with Crippen LogP contribution in [0.5, 0.6) is 5.75 Å². The summed E-state index contributed by atoms with van der Waals surface area (Å²) >= 11 is 5.84. The second-order valence-electron chi connectivity index (χ2n) is 3.55. The molecule has 2 rings (SSSR count). The maximum atomic E-state index is 11.3. The van der Waals surface area contributed by atoms with Gasteiger partial charge in [-0.15, -0.1) is 0 Å². The molecular weight excluding hydrogens is 268 g/mol. The predicted molar refractivity (Wildman–Crippen MR) is 70.9 cm³/mol. The van der Waals surface area contributed by atoms with Crippen LogP contribution in [-0.2, 0) is 0 Å². The van der Waals surface area contributed by atoms with Gasteiger partial charge in [0.05, 0.1) is 30.8 Å². The number of hydrogen-bond donors (Lipinski definition) is 2. The van der Waals surface area contributed by atoms with E-state index in [1.54, 1.807) is 18.2 Å². The number of nitriles is 1. The smallest absolute Gasteiger partial charge is 0.271 e. The molecule has 0 atom stereocenters. The molecule has 0 spiro atoms. The fourth-order valence-corrected chi connectivity index (χ4v) is 1.61. The van der Waals surface area contributed by atoms with Crippen molar-refractivity contribution < 1.29 is 4.74 Å². The third kappa shape index (κ3) is 2.67. The van der Waals surface area contributed by atoms with E-state index in [-0.39, 0.29) is 10.8 Å². The Kier molecular flexibility index (Phi) is 3.68. The van der Waals surface area contributed by atoms with Crippen LogP contribution < -0.4 is 15.6 Å². The van der Waals surface area contributed by atoms with Crippen molar-refractivity contribution in [3.8, 4) is 11.8 Å². The van der Waals surface area contributed by atoms with Gasteiger partial charge in [0.25, 0.3) is 5.56 Å². The number of benzene rings is 1. The SMILES string of the molecule is COc1cc(C#N)ccc1Nc1nc[nH]c(=O)c1Cl. The Bertz CT molecular complexity index is 706. The average molecular weight is 277 g/mol. The Morgan fingerprint density at radius 3 is 3.00 bits per heavy atom. The number of nitrogens with one attached hydrogen (secondary N) is 2. The molecule has 0 aliphatic carbocycles. The number of methoxy groups -OCH3 is 1. The Morgan fingerprint density at radius 2 is 2.32 bits per heavy atom. The largest absolute Gasteiger partial charge is 0.495 e. The number of anilines is 2. The van der Waals surface area contributed by atoms with Gasteiger partial charge in [-0.2, -0.15) is 5.26 Å². The van der Waals surface area contributed by atoms with Gasteiger partial charge in [-0.05, 0) is 12.1 Å². The summed E-state index contributed by atoms with van der Waals surface area (Å²) in [6.07, 6.45) is 1.24. The monoisotopic (exact) mass is 276 g/mol. The van der Waals surface area contributed by atoms with E-state index in [0.29, 0.717) is 17.0 Å². The molecule has 19 heavy (non-hydrogen) atoms. The van der Waals surface area contributed by atoms with Gasteiger partial charge in [0.1, 0.15) is 10.8 Å².